The van der Waals surface area contributed by atoms with Gasteiger partial charge >= 0.3 is 0 Å². The normalized spacial score (nSPS) is 54.0. The van der Waals surface area contributed by atoms with Gasteiger partial charge in [0, 0.05) is 12.5 Å². The van der Waals surface area contributed by atoms with E-state index in [0.717, 1.165) is 42.4 Å². The molecule has 3 saturated carbocycles. The molecule has 0 aromatic rings. The fourth-order valence-corrected chi connectivity index (χ4v) is 9.67. The van der Waals surface area contributed by atoms with E-state index in [1.807, 2.05) is 5.57 Å². The molecule has 4 aliphatic carbocycles. The van der Waals surface area contributed by atoms with Crippen LogP contribution in [0, 0.1) is 40.9 Å². The summed E-state index contributed by atoms with van der Waals surface area (Å²) in [7, 11) is 0. The molecule has 6 rings (SSSR count). The van der Waals surface area contributed by atoms with Crippen LogP contribution in [0.25, 0.3) is 0 Å². The van der Waals surface area contributed by atoms with Crippen molar-refractivity contribution >= 4 is 5.91 Å². The number of fused-ring (bicyclic) bond motifs is 6. The van der Waals surface area contributed by atoms with Crippen LogP contribution in [-0.4, -0.2) is 23.7 Å². The molecule has 0 radical (unpaired) electrons. The fraction of sp³-hybridized carbons (Fsp3) is 0.893. The Morgan fingerprint density at radius 1 is 1.03 bits per heavy atom. The van der Waals surface area contributed by atoms with Crippen LogP contribution >= 0.6 is 0 Å². The van der Waals surface area contributed by atoms with E-state index in [4.69, 9.17) is 4.74 Å². The van der Waals surface area contributed by atoms with Gasteiger partial charge in [0.25, 0.3) is 0 Å². The lowest BCUT2D eigenvalue weighted by Crippen LogP contribution is -2.57. The molecule has 0 unspecified atom stereocenters. The number of allylic oxidation sites excluding steroid dienone is 1. The number of hydrogen-bond donors (Lipinski definition) is 1. The number of carbonyl (C=O) groups excluding carboxylic acids is 1. The highest BCUT2D eigenvalue weighted by Gasteiger charge is 2.59. The van der Waals surface area contributed by atoms with E-state index in [1.54, 1.807) is 5.57 Å². The Morgan fingerprint density at radius 2 is 1.84 bits per heavy atom. The van der Waals surface area contributed by atoms with Gasteiger partial charge in [-0.2, -0.15) is 0 Å². The van der Waals surface area contributed by atoms with E-state index in [2.05, 4.69) is 33.0 Å². The van der Waals surface area contributed by atoms with Gasteiger partial charge in [-0.15, -0.1) is 0 Å². The van der Waals surface area contributed by atoms with Gasteiger partial charge in [-0.25, -0.2) is 0 Å². The number of amides is 1. The van der Waals surface area contributed by atoms with Gasteiger partial charge in [-0.05, 0) is 106 Å². The predicted octanol–water partition coefficient (Wildman–Crippen LogP) is 6.03. The van der Waals surface area contributed by atoms with E-state index in [9.17, 15) is 4.79 Å². The summed E-state index contributed by atoms with van der Waals surface area (Å²) in [4.78, 5) is 12.1. The third kappa shape index (κ3) is 2.97. The maximum atomic E-state index is 12.1. The minimum absolute atomic E-state index is 0.107. The number of carbonyl (C=O) groups is 1. The van der Waals surface area contributed by atoms with Crippen molar-refractivity contribution in [2.24, 2.45) is 40.9 Å². The number of rotatable bonds is 0. The molecule has 1 spiro atoms. The van der Waals surface area contributed by atoms with Gasteiger partial charge in [0.1, 0.15) is 0 Å². The molecule has 10 atom stereocenters. The Bertz CT molecular complexity index is 803. The van der Waals surface area contributed by atoms with Gasteiger partial charge in [0.05, 0.1) is 11.7 Å². The first-order valence-corrected chi connectivity index (χ1v) is 13.5. The molecule has 5 fully saturated rings. The predicted molar refractivity (Wildman–Crippen MR) is 123 cm³/mol. The zero-order chi connectivity index (χ0) is 21.5. The van der Waals surface area contributed by atoms with E-state index in [1.165, 1.54) is 57.8 Å². The molecular formula is C28H43NO2. The Labute approximate surface area is 189 Å². The van der Waals surface area contributed by atoms with Crippen molar-refractivity contribution in [1.82, 2.24) is 5.32 Å². The van der Waals surface area contributed by atoms with Crippen LogP contribution in [0.1, 0.15) is 98.3 Å². The van der Waals surface area contributed by atoms with Crippen molar-refractivity contribution in [2.75, 3.05) is 0 Å². The van der Waals surface area contributed by atoms with Gasteiger partial charge < -0.3 is 10.1 Å². The summed E-state index contributed by atoms with van der Waals surface area (Å²) in [5, 5.41) is 3.38. The molecule has 2 saturated heterocycles. The van der Waals surface area contributed by atoms with E-state index < -0.39 is 0 Å². The van der Waals surface area contributed by atoms with Gasteiger partial charge in [-0.1, -0.05) is 38.3 Å². The third-order valence-electron chi connectivity index (χ3n) is 11.5. The third-order valence-corrected chi connectivity index (χ3v) is 11.5. The van der Waals surface area contributed by atoms with Crippen LogP contribution in [0.3, 0.4) is 0 Å². The van der Waals surface area contributed by atoms with Crippen molar-refractivity contribution in [3.8, 4) is 0 Å². The van der Waals surface area contributed by atoms with E-state index in [-0.39, 0.29) is 11.5 Å². The van der Waals surface area contributed by atoms with E-state index in [0.29, 0.717) is 23.5 Å². The zero-order valence-electron chi connectivity index (χ0n) is 20.2. The number of nitrogens with one attached hydrogen (secondary N) is 1. The van der Waals surface area contributed by atoms with Crippen molar-refractivity contribution in [3.05, 3.63) is 11.1 Å². The lowest BCUT2D eigenvalue weighted by molar-refractivity contribution is -0.130. The Kier molecular flexibility index (Phi) is 4.74. The summed E-state index contributed by atoms with van der Waals surface area (Å²) in [5.41, 5.74) is 3.90. The maximum absolute atomic E-state index is 12.1. The lowest BCUT2D eigenvalue weighted by atomic mass is 9.57. The van der Waals surface area contributed by atoms with Crippen molar-refractivity contribution in [3.63, 3.8) is 0 Å². The van der Waals surface area contributed by atoms with Gasteiger partial charge in [0.2, 0.25) is 5.91 Å². The monoisotopic (exact) mass is 425 g/mol. The van der Waals surface area contributed by atoms with Crippen LogP contribution in [-0.2, 0) is 9.53 Å². The summed E-state index contributed by atoms with van der Waals surface area (Å²) in [5.74, 6) is 4.99. The summed E-state index contributed by atoms with van der Waals surface area (Å²) < 4.78 is 7.06. The van der Waals surface area contributed by atoms with Crippen LogP contribution in [0.5, 0.6) is 0 Å². The quantitative estimate of drug-likeness (QED) is 0.481. The average Bonchev–Trinajstić information content (AvgIpc) is 3.19. The minimum Gasteiger partial charge on any atom is -0.371 e. The zero-order valence-corrected chi connectivity index (χ0v) is 20.2. The van der Waals surface area contributed by atoms with Crippen LogP contribution < -0.4 is 5.32 Å². The SMILES string of the molecule is CC1=C2C[C@H]3[C@@H](CC[C@H]4NC(=O)CC[C@@]43C)[C@@H]2CC[C@@]2(C1)O[C@@H]1C[C@H](C)CC[C@H]1[C@H]2C. The fourth-order valence-electron chi connectivity index (χ4n) is 9.67. The summed E-state index contributed by atoms with van der Waals surface area (Å²) >= 11 is 0. The molecule has 172 valence electrons. The summed E-state index contributed by atoms with van der Waals surface area (Å²) in [6.45, 7) is 9.91. The Balaban J connectivity index is 1.28. The van der Waals surface area contributed by atoms with Crippen molar-refractivity contribution < 1.29 is 9.53 Å². The molecule has 2 heterocycles. The minimum atomic E-state index is 0.107. The maximum Gasteiger partial charge on any atom is 0.220 e. The molecular weight excluding hydrogens is 382 g/mol. The Morgan fingerprint density at radius 3 is 2.68 bits per heavy atom. The highest BCUT2D eigenvalue weighted by atomic mass is 16.5. The first kappa shape index (κ1) is 20.8. The second-order valence-corrected chi connectivity index (χ2v) is 12.9. The first-order chi connectivity index (χ1) is 14.8. The summed E-state index contributed by atoms with van der Waals surface area (Å²) in [6, 6.07) is 0.410. The number of piperidine rings is 1. The number of hydrogen-bond acceptors (Lipinski definition) is 2. The molecule has 1 amide bonds. The molecule has 3 heteroatoms. The highest BCUT2D eigenvalue weighted by Crippen LogP contribution is 2.63. The largest absolute Gasteiger partial charge is 0.371 e. The number of ether oxygens (including phenoxy) is 1. The first-order valence-electron chi connectivity index (χ1n) is 13.5. The van der Waals surface area contributed by atoms with Gasteiger partial charge in [0.15, 0.2) is 0 Å². The van der Waals surface area contributed by atoms with Crippen molar-refractivity contribution in [1.29, 1.82) is 0 Å². The summed E-state index contributed by atoms with van der Waals surface area (Å²) in [6.07, 6.45) is 14.0. The van der Waals surface area contributed by atoms with Crippen LogP contribution in [0.4, 0.5) is 0 Å². The lowest BCUT2D eigenvalue weighted by Gasteiger charge is -2.52. The van der Waals surface area contributed by atoms with Gasteiger partial charge in [-0.3, -0.25) is 4.79 Å². The Hall–Kier alpha value is -0.830. The second-order valence-electron chi connectivity index (χ2n) is 12.9. The molecule has 3 nitrogen and oxygen atoms in total. The topological polar surface area (TPSA) is 38.3 Å². The molecule has 1 N–H and O–H groups in total. The second kappa shape index (κ2) is 7.08. The van der Waals surface area contributed by atoms with Crippen molar-refractivity contribution in [2.45, 2.75) is 116 Å². The standard InChI is InChI=1S/C28H43NO2/c1-16-5-6-19-18(3)28(31-24(19)13-16)12-9-20-21-7-8-25-27(4,11-10-26(30)29-25)23(21)14-22(20)17(2)15-28/h16,18-21,23-25H,5-15H2,1-4H3,(H,29,30)/t16-,18-,19+,20+,21+,23+,24-,25-,27-,28+/m1/s1. The molecule has 31 heavy (non-hydrogen) atoms. The molecule has 6 aliphatic rings. The molecule has 0 bridgehead atoms. The van der Waals surface area contributed by atoms with E-state index >= 15 is 0 Å². The molecule has 2 aliphatic heterocycles. The highest BCUT2D eigenvalue weighted by molar-refractivity contribution is 5.77. The molecule has 0 aromatic heterocycles. The average molecular weight is 426 g/mol. The van der Waals surface area contributed by atoms with Crippen LogP contribution in [0.15, 0.2) is 11.1 Å². The smallest absolute Gasteiger partial charge is 0.220 e. The molecule has 0 aromatic carbocycles. The van der Waals surface area contributed by atoms with Crippen LogP contribution in [0.2, 0.25) is 0 Å².